The Morgan fingerprint density at radius 1 is 1.17 bits per heavy atom. The van der Waals surface area contributed by atoms with Gasteiger partial charge >= 0.3 is 0 Å². The van der Waals surface area contributed by atoms with E-state index in [9.17, 15) is 8.78 Å². The van der Waals surface area contributed by atoms with E-state index < -0.39 is 11.6 Å². The Bertz CT molecular complexity index is 358. The molecule has 5 heteroatoms. The van der Waals surface area contributed by atoms with Crippen molar-refractivity contribution in [3.8, 4) is 0 Å². The van der Waals surface area contributed by atoms with Crippen molar-refractivity contribution in [2.24, 2.45) is 0 Å². The van der Waals surface area contributed by atoms with E-state index >= 15 is 0 Å². The first-order valence-corrected chi connectivity index (χ1v) is 6.94. The van der Waals surface area contributed by atoms with Crippen molar-refractivity contribution in [3.05, 3.63) is 33.8 Å². The van der Waals surface area contributed by atoms with Crippen LogP contribution in [0.2, 0.25) is 0 Å². The lowest BCUT2D eigenvalue weighted by molar-refractivity contribution is 0.301. The molecule has 1 aromatic carbocycles. The molecule has 0 atom stereocenters. The third kappa shape index (κ3) is 4.63. The second-order valence-corrected chi connectivity index (χ2v) is 4.97. The molecule has 0 heterocycles. The largest absolute Gasteiger partial charge is 0.311 e. The van der Waals surface area contributed by atoms with E-state index in [2.05, 4.69) is 40.0 Å². The van der Waals surface area contributed by atoms with Gasteiger partial charge in [0.2, 0.25) is 0 Å². The molecule has 0 amide bonds. The average molecular weight is 321 g/mol. The van der Waals surface area contributed by atoms with E-state index in [0.717, 1.165) is 26.2 Å². The van der Waals surface area contributed by atoms with Crippen molar-refractivity contribution in [1.29, 1.82) is 0 Å². The molecule has 0 spiro atoms. The van der Waals surface area contributed by atoms with Gasteiger partial charge in [-0.2, -0.15) is 0 Å². The predicted molar refractivity (Wildman–Crippen MR) is 73.6 cm³/mol. The lowest BCUT2D eigenvalue weighted by atomic mass is 10.2. The molecule has 0 radical (unpaired) electrons. The van der Waals surface area contributed by atoms with E-state index in [4.69, 9.17) is 0 Å². The molecular formula is C13H19BrF2N2. The zero-order valence-corrected chi connectivity index (χ0v) is 12.4. The van der Waals surface area contributed by atoms with Crippen molar-refractivity contribution in [1.82, 2.24) is 10.2 Å². The molecule has 1 N–H and O–H groups in total. The number of halogens is 3. The third-order valence-electron chi connectivity index (χ3n) is 2.91. The fourth-order valence-corrected chi connectivity index (χ4v) is 2.13. The quantitative estimate of drug-likeness (QED) is 0.776. The van der Waals surface area contributed by atoms with Crippen LogP contribution in [0.4, 0.5) is 8.78 Å². The zero-order chi connectivity index (χ0) is 13.5. The highest BCUT2D eigenvalue weighted by molar-refractivity contribution is 9.10. The average Bonchev–Trinajstić information content (AvgIpc) is 2.32. The highest BCUT2D eigenvalue weighted by Gasteiger charge is 2.10. The van der Waals surface area contributed by atoms with Gasteiger partial charge in [0, 0.05) is 29.7 Å². The molecule has 0 aliphatic heterocycles. The summed E-state index contributed by atoms with van der Waals surface area (Å²) >= 11 is 3.06. The summed E-state index contributed by atoms with van der Waals surface area (Å²) in [5, 5.41) is 3.06. The first kappa shape index (κ1) is 15.5. The summed E-state index contributed by atoms with van der Waals surface area (Å²) in [6.07, 6.45) is 0. The van der Waals surface area contributed by atoms with Crippen LogP contribution in [0.1, 0.15) is 19.4 Å². The van der Waals surface area contributed by atoms with Gasteiger partial charge < -0.3 is 10.2 Å². The van der Waals surface area contributed by atoms with E-state index in [1.165, 1.54) is 12.1 Å². The summed E-state index contributed by atoms with van der Waals surface area (Å²) in [5.74, 6) is -1.03. The Morgan fingerprint density at radius 2 is 1.72 bits per heavy atom. The molecule has 0 unspecified atom stereocenters. The minimum atomic E-state index is -0.516. The van der Waals surface area contributed by atoms with Crippen LogP contribution >= 0.6 is 15.9 Å². The maximum Gasteiger partial charge on any atom is 0.131 e. The summed E-state index contributed by atoms with van der Waals surface area (Å²) in [5.41, 5.74) is 0.0951. The lowest BCUT2D eigenvalue weighted by Crippen LogP contribution is -2.31. The topological polar surface area (TPSA) is 15.3 Å². The SMILES string of the molecule is CCN(CC)CCNCc1c(F)cc(Br)cc1F. The monoisotopic (exact) mass is 320 g/mol. The van der Waals surface area contributed by atoms with Gasteiger partial charge in [-0.15, -0.1) is 0 Å². The minimum absolute atomic E-state index is 0.0951. The molecule has 102 valence electrons. The Labute approximate surface area is 115 Å². The van der Waals surface area contributed by atoms with E-state index in [-0.39, 0.29) is 12.1 Å². The molecule has 18 heavy (non-hydrogen) atoms. The van der Waals surface area contributed by atoms with Crippen molar-refractivity contribution < 1.29 is 8.78 Å². The number of likely N-dealkylation sites (N-methyl/N-ethyl adjacent to an activating group) is 1. The van der Waals surface area contributed by atoms with Crippen LogP contribution in [0, 0.1) is 11.6 Å². The Balaban J connectivity index is 2.44. The van der Waals surface area contributed by atoms with Crippen molar-refractivity contribution in [3.63, 3.8) is 0 Å². The number of nitrogens with one attached hydrogen (secondary N) is 1. The molecule has 1 rings (SSSR count). The fourth-order valence-electron chi connectivity index (χ4n) is 1.73. The summed E-state index contributed by atoms with van der Waals surface area (Å²) in [4.78, 5) is 2.25. The molecule has 2 nitrogen and oxygen atoms in total. The van der Waals surface area contributed by atoms with Crippen molar-refractivity contribution >= 4 is 15.9 Å². The molecule has 0 saturated carbocycles. The number of nitrogens with zero attached hydrogens (tertiary/aromatic N) is 1. The first-order chi connectivity index (χ1) is 8.58. The van der Waals surface area contributed by atoms with E-state index in [1.807, 2.05) is 0 Å². The minimum Gasteiger partial charge on any atom is -0.311 e. The molecule has 0 saturated heterocycles. The third-order valence-corrected chi connectivity index (χ3v) is 3.36. The zero-order valence-electron chi connectivity index (χ0n) is 10.8. The summed E-state index contributed by atoms with van der Waals surface area (Å²) in [6.45, 7) is 7.98. The Morgan fingerprint density at radius 3 is 2.22 bits per heavy atom. The molecule has 0 bridgehead atoms. The van der Waals surface area contributed by atoms with Gasteiger partial charge in [0.1, 0.15) is 11.6 Å². The first-order valence-electron chi connectivity index (χ1n) is 6.15. The fraction of sp³-hybridized carbons (Fsp3) is 0.538. The van der Waals surface area contributed by atoms with Gasteiger partial charge in [-0.1, -0.05) is 29.8 Å². The van der Waals surface area contributed by atoms with Gasteiger partial charge in [-0.25, -0.2) is 8.78 Å². The van der Waals surface area contributed by atoms with Crippen LogP contribution in [0.15, 0.2) is 16.6 Å². The van der Waals surface area contributed by atoms with E-state index in [1.54, 1.807) is 0 Å². The van der Waals surface area contributed by atoms with Gasteiger partial charge in [-0.05, 0) is 25.2 Å². The number of rotatable bonds is 7. The summed E-state index contributed by atoms with van der Waals surface area (Å²) in [6, 6.07) is 2.56. The Kier molecular flexibility index (Phi) is 6.75. The van der Waals surface area contributed by atoms with E-state index in [0.29, 0.717) is 4.47 Å². The van der Waals surface area contributed by atoms with Gasteiger partial charge in [0.05, 0.1) is 0 Å². The Hall–Kier alpha value is -0.520. The highest BCUT2D eigenvalue weighted by Crippen LogP contribution is 2.19. The maximum absolute atomic E-state index is 13.5. The second kappa shape index (κ2) is 7.81. The molecule has 0 aromatic heterocycles. The van der Waals surface area contributed by atoms with Crippen LogP contribution in [-0.2, 0) is 6.54 Å². The molecule has 0 fully saturated rings. The van der Waals surface area contributed by atoms with Crippen LogP contribution in [0.5, 0.6) is 0 Å². The van der Waals surface area contributed by atoms with Crippen LogP contribution in [0.3, 0.4) is 0 Å². The summed E-state index contributed by atoms with van der Waals surface area (Å²) < 4.78 is 27.4. The lowest BCUT2D eigenvalue weighted by Gasteiger charge is -2.18. The molecule has 1 aromatic rings. The van der Waals surface area contributed by atoms with Crippen molar-refractivity contribution in [2.75, 3.05) is 26.2 Å². The highest BCUT2D eigenvalue weighted by atomic mass is 79.9. The molecular weight excluding hydrogens is 302 g/mol. The maximum atomic E-state index is 13.5. The second-order valence-electron chi connectivity index (χ2n) is 4.05. The van der Waals surface area contributed by atoms with Gasteiger partial charge in [0.25, 0.3) is 0 Å². The smallest absolute Gasteiger partial charge is 0.131 e. The number of hydrogen-bond donors (Lipinski definition) is 1. The van der Waals surface area contributed by atoms with Crippen molar-refractivity contribution in [2.45, 2.75) is 20.4 Å². The standard InChI is InChI=1S/C13H19BrF2N2/c1-3-18(4-2)6-5-17-9-11-12(15)7-10(14)8-13(11)16/h7-8,17H,3-6,9H2,1-2H3. The summed E-state index contributed by atoms with van der Waals surface area (Å²) in [7, 11) is 0. The normalized spacial score (nSPS) is 11.2. The predicted octanol–water partition coefficient (Wildman–Crippen LogP) is 3.16. The number of hydrogen-bond acceptors (Lipinski definition) is 2. The molecule has 0 aliphatic carbocycles. The molecule has 0 aliphatic rings. The van der Waals surface area contributed by atoms with Crippen LogP contribution in [-0.4, -0.2) is 31.1 Å². The van der Waals surface area contributed by atoms with Crippen LogP contribution < -0.4 is 5.32 Å². The van der Waals surface area contributed by atoms with Crippen LogP contribution in [0.25, 0.3) is 0 Å². The number of benzene rings is 1. The van der Waals surface area contributed by atoms with Gasteiger partial charge in [-0.3, -0.25) is 0 Å². The van der Waals surface area contributed by atoms with Gasteiger partial charge in [0.15, 0.2) is 0 Å².